The molecule has 0 radical (unpaired) electrons. The van der Waals surface area contributed by atoms with Crippen molar-refractivity contribution in [3.8, 4) is 5.75 Å². The van der Waals surface area contributed by atoms with Crippen LogP contribution in [0, 0.1) is 6.57 Å². The molecule has 4 heteroatoms. The van der Waals surface area contributed by atoms with E-state index >= 15 is 0 Å². The number of para-hydroxylation sites is 1. The van der Waals surface area contributed by atoms with Crippen LogP contribution in [0.2, 0.25) is 0 Å². The second-order valence-corrected chi connectivity index (χ2v) is 3.05. The molecule has 0 aliphatic rings. The molecular weight excluding hydrogens is 218 g/mol. The molecule has 0 aliphatic heterocycles. The fourth-order valence-corrected chi connectivity index (χ4v) is 1.11. The summed E-state index contributed by atoms with van der Waals surface area (Å²) < 4.78 is 10.1. The van der Waals surface area contributed by atoms with E-state index in [9.17, 15) is 4.79 Å². The lowest BCUT2D eigenvalue weighted by atomic mass is 10.3. The van der Waals surface area contributed by atoms with E-state index in [-0.39, 0.29) is 18.9 Å². The van der Waals surface area contributed by atoms with Gasteiger partial charge in [0.15, 0.2) is 0 Å². The van der Waals surface area contributed by atoms with Crippen molar-refractivity contribution in [2.75, 3.05) is 13.2 Å². The molecule has 0 fully saturated rings. The Kier molecular flexibility index (Phi) is 5.32. The third-order valence-electron chi connectivity index (χ3n) is 1.87. The molecule has 0 unspecified atom stereocenters. The molecule has 0 heterocycles. The summed E-state index contributed by atoms with van der Waals surface area (Å²) in [6.45, 7) is 8.97. The SMILES string of the molecule is [C-]#[N+]/C(=C/COc1ccccc1)C(=O)OCC. The Morgan fingerprint density at radius 1 is 1.41 bits per heavy atom. The molecule has 88 valence electrons. The maximum atomic E-state index is 11.3. The Balaban J connectivity index is 2.52. The molecule has 0 N–H and O–H groups in total. The zero-order chi connectivity index (χ0) is 12.5. The van der Waals surface area contributed by atoms with Crippen LogP contribution in [-0.4, -0.2) is 19.2 Å². The van der Waals surface area contributed by atoms with Gasteiger partial charge in [-0.25, -0.2) is 4.85 Å². The first-order valence-corrected chi connectivity index (χ1v) is 5.20. The minimum atomic E-state index is -0.612. The minimum absolute atomic E-state index is 0.0530. The number of carbonyl (C=O) groups is 1. The number of esters is 1. The van der Waals surface area contributed by atoms with Crippen molar-refractivity contribution in [3.63, 3.8) is 0 Å². The predicted molar refractivity (Wildman–Crippen MR) is 63.3 cm³/mol. The summed E-state index contributed by atoms with van der Waals surface area (Å²) in [4.78, 5) is 14.4. The van der Waals surface area contributed by atoms with E-state index in [1.54, 1.807) is 19.1 Å². The molecule has 0 atom stereocenters. The van der Waals surface area contributed by atoms with Crippen LogP contribution in [-0.2, 0) is 9.53 Å². The average Bonchev–Trinajstić information content (AvgIpc) is 2.36. The number of rotatable bonds is 5. The Labute approximate surface area is 100 Å². The van der Waals surface area contributed by atoms with Gasteiger partial charge in [0, 0.05) is 0 Å². The monoisotopic (exact) mass is 231 g/mol. The average molecular weight is 231 g/mol. The molecular formula is C13H13NO3. The Bertz CT molecular complexity index is 432. The van der Waals surface area contributed by atoms with Crippen molar-refractivity contribution in [2.45, 2.75) is 6.92 Å². The van der Waals surface area contributed by atoms with E-state index < -0.39 is 5.97 Å². The third kappa shape index (κ3) is 4.39. The van der Waals surface area contributed by atoms with Gasteiger partial charge in [-0.2, -0.15) is 0 Å². The topological polar surface area (TPSA) is 39.9 Å². The molecule has 0 amide bonds. The number of nitrogens with zero attached hydrogens (tertiary/aromatic N) is 1. The summed E-state index contributed by atoms with van der Waals surface area (Å²) in [7, 11) is 0. The lowest BCUT2D eigenvalue weighted by Gasteiger charge is -2.03. The maximum absolute atomic E-state index is 11.3. The first-order valence-electron chi connectivity index (χ1n) is 5.20. The first kappa shape index (κ1) is 12.8. The summed E-state index contributed by atoms with van der Waals surface area (Å²) in [5.74, 6) is 0.0797. The second kappa shape index (κ2) is 7.07. The van der Waals surface area contributed by atoms with Gasteiger partial charge in [0.05, 0.1) is 19.8 Å². The number of hydrogen-bond donors (Lipinski definition) is 0. The summed E-state index contributed by atoms with van der Waals surface area (Å²) in [6, 6.07) is 9.18. The third-order valence-corrected chi connectivity index (χ3v) is 1.87. The van der Waals surface area contributed by atoms with Gasteiger partial charge in [-0.1, -0.05) is 18.2 Å². The predicted octanol–water partition coefficient (Wildman–Crippen LogP) is 2.43. The van der Waals surface area contributed by atoms with Crippen molar-refractivity contribution < 1.29 is 14.3 Å². The van der Waals surface area contributed by atoms with E-state index in [1.807, 2.05) is 18.2 Å². The van der Waals surface area contributed by atoms with Crippen LogP contribution in [0.1, 0.15) is 6.92 Å². The van der Waals surface area contributed by atoms with Crippen LogP contribution in [0.4, 0.5) is 0 Å². The van der Waals surface area contributed by atoms with Gasteiger partial charge in [0.25, 0.3) is 5.70 Å². The van der Waals surface area contributed by atoms with Gasteiger partial charge in [0.2, 0.25) is 0 Å². The summed E-state index contributed by atoms with van der Waals surface area (Å²) in [6.07, 6.45) is 1.41. The molecule has 0 saturated carbocycles. The smallest absolute Gasteiger partial charge is 0.336 e. The highest BCUT2D eigenvalue weighted by atomic mass is 16.5. The molecule has 4 nitrogen and oxygen atoms in total. The van der Waals surface area contributed by atoms with E-state index in [4.69, 9.17) is 16.0 Å². The summed E-state index contributed by atoms with van der Waals surface area (Å²) in [5, 5.41) is 0. The Morgan fingerprint density at radius 3 is 2.71 bits per heavy atom. The van der Waals surface area contributed by atoms with Crippen molar-refractivity contribution in [1.29, 1.82) is 0 Å². The Hall–Kier alpha value is -2.28. The highest BCUT2D eigenvalue weighted by Crippen LogP contribution is 2.09. The Morgan fingerprint density at radius 2 is 2.12 bits per heavy atom. The van der Waals surface area contributed by atoms with Gasteiger partial charge < -0.3 is 9.47 Å². The van der Waals surface area contributed by atoms with Crippen LogP contribution in [0.5, 0.6) is 5.75 Å². The molecule has 0 bridgehead atoms. The first-order chi connectivity index (χ1) is 8.27. The van der Waals surface area contributed by atoms with Gasteiger partial charge in [-0.15, -0.1) is 0 Å². The summed E-state index contributed by atoms with van der Waals surface area (Å²) >= 11 is 0. The van der Waals surface area contributed by atoms with Crippen LogP contribution in [0.15, 0.2) is 42.1 Å². The fraction of sp³-hybridized carbons (Fsp3) is 0.231. The zero-order valence-electron chi connectivity index (χ0n) is 9.55. The van der Waals surface area contributed by atoms with Gasteiger partial charge >= 0.3 is 5.97 Å². The standard InChI is InChI=1S/C13H13NO3/c1-3-16-13(15)12(14-2)9-10-17-11-7-5-4-6-8-11/h4-9H,3,10H2,1H3/b12-9+. The molecule has 0 aliphatic carbocycles. The van der Waals surface area contributed by atoms with Crippen molar-refractivity contribution in [1.82, 2.24) is 0 Å². The fourth-order valence-electron chi connectivity index (χ4n) is 1.11. The van der Waals surface area contributed by atoms with Crippen LogP contribution < -0.4 is 4.74 Å². The number of carbonyl (C=O) groups excluding carboxylic acids is 1. The molecule has 17 heavy (non-hydrogen) atoms. The van der Waals surface area contributed by atoms with Crippen molar-refractivity contribution >= 4 is 5.97 Å². The number of ether oxygens (including phenoxy) is 2. The molecule has 1 aromatic rings. The van der Waals surface area contributed by atoms with Crippen LogP contribution in [0.25, 0.3) is 4.85 Å². The van der Waals surface area contributed by atoms with Gasteiger partial charge in [-0.3, -0.25) is 4.79 Å². The second-order valence-electron chi connectivity index (χ2n) is 3.05. The van der Waals surface area contributed by atoms with E-state index in [0.717, 1.165) is 0 Å². The quantitative estimate of drug-likeness (QED) is 0.444. The number of benzene rings is 1. The van der Waals surface area contributed by atoms with Crippen molar-refractivity contribution in [3.05, 3.63) is 53.5 Å². The van der Waals surface area contributed by atoms with E-state index in [2.05, 4.69) is 4.85 Å². The molecule has 0 saturated heterocycles. The normalized spacial score (nSPS) is 10.5. The van der Waals surface area contributed by atoms with Gasteiger partial charge in [0.1, 0.15) is 5.75 Å². The largest absolute Gasteiger partial charge is 0.491 e. The number of hydrogen-bond acceptors (Lipinski definition) is 3. The molecule has 1 rings (SSSR count). The maximum Gasteiger partial charge on any atom is 0.336 e. The highest BCUT2D eigenvalue weighted by Gasteiger charge is 2.09. The minimum Gasteiger partial charge on any atom is -0.491 e. The van der Waals surface area contributed by atoms with E-state index in [1.165, 1.54) is 6.08 Å². The molecule has 1 aromatic carbocycles. The molecule has 0 spiro atoms. The highest BCUT2D eigenvalue weighted by molar-refractivity contribution is 5.90. The van der Waals surface area contributed by atoms with Gasteiger partial charge in [-0.05, 0) is 25.1 Å². The van der Waals surface area contributed by atoms with Crippen LogP contribution >= 0.6 is 0 Å². The van der Waals surface area contributed by atoms with Crippen molar-refractivity contribution in [2.24, 2.45) is 0 Å². The van der Waals surface area contributed by atoms with Crippen LogP contribution in [0.3, 0.4) is 0 Å². The lowest BCUT2D eigenvalue weighted by Crippen LogP contribution is -2.06. The lowest BCUT2D eigenvalue weighted by molar-refractivity contribution is -0.138. The molecule has 0 aromatic heterocycles. The summed E-state index contributed by atoms with van der Waals surface area (Å²) in [5.41, 5.74) is -0.0530. The van der Waals surface area contributed by atoms with E-state index in [0.29, 0.717) is 5.75 Å². The zero-order valence-corrected chi connectivity index (χ0v) is 9.55.